The van der Waals surface area contributed by atoms with Crippen LogP contribution >= 0.6 is 7.14 Å². The molecule has 0 saturated carbocycles. The van der Waals surface area contributed by atoms with E-state index in [-0.39, 0.29) is 5.91 Å². The number of fused-ring (bicyclic) bond motifs is 1. The van der Waals surface area contributed by atoms with E-state index < -0.39 is 12.9 Å². The molecular weight excluding hydrogens is 431 g/mol. The van der Waals surface area contributed by atoms with E-state index in [0.717, 1.165) is 11.3 Å². The molecule has 5 rings (SSSR count). The Balaban J connectivity index is 1.69. The van der Waals surface area contributed by atoms with Gasteiger partial charge in [-0.05, 0) is 23.8 Å². The molecule has 0 fully saturated rings. The molecule has 5 nitrogen and oxygen atoms in total. The molecule has 164 valence electrons. The maximum atomic E-state index is 15.2. The summed E-state index contributed by atoms with van der Waals surface area (Å²) in [5.74, 6) is -0.0457. The first kappa shape index (κ1) is 21.2. The lowest BCUT2D eigenvalue weighted by molar-refractivity contribution is 0.0756. The number of amides is 1. The van der Waals surface area contributed by atoms with Gasteiger partial charge in [0.15, 0.2) is 7.14 Å². The number of hydrogen-bond acceptors (Lipinski definition) is 4. The molecule has 2 heterocycles. The molecule has 3 aromatic carbocycles. The van der Waals surface area contributed by atoms with E-state index >= 15 is 4.57 Å². The topological polar surface area (TPSA) is 59.5 Å². The Morgan fingerprint density at radius 1 is 0.879 bits per heavy atom. The first-order chi connectivity index (χ1) is 16.1. The Morgan fingerprint density at radius 3 is 2.06 bits per heavy atom. The van der Waals surface area contributed by atoms with Gasteiger partial charge in [0.05, 0.1) is 7.11 Å². The molecule has 0 N–H and O–H groups in total. The van der Waals surface area contributed by atoms with E-state index in [1.165, 1.54) is 0 Å². The number of pyridine rings is 1. The fourth-order valence-corrected chi connectivity index (χ4v) is 7.72. The van der Waals surface area contributed by atoms with Crippen molar-refractivity contribution >= 4 is 23.7 Å². The summed E-state index contributed by atoms with van der Waals surface area (Å²) in [6.45, 7) is 0.325. The van der Waals surface area contributed by atoms with Gasteiger partial charge in [0.1, 0.15) is 11.5 Å². The number of carbonyl (C=O) groups is 1. The Labute approximate surface area is 193 Å². The second kappa shape index (κ2) is 8.68. The van der Waals surface area contributed by atoms with Crippen LogP contribution in [-0.2, 0) is 11.1 Å². The van der Waals surface area contributed by atoms with E-state index in [1.54, 1.807) is 30.5 Å². The highest BCUT2D eigenvalue weighted by molar-refractivity contribution is 7.79. The molecule has 1 aliphatic heterocycles. The van der Waals surface area contributed by atoms with E-state index in [1.807, 2.05) is 84.9 Å². The van der Waals surface area contributed by atoms with Crippen LogP contribution in [-0.4, -0.2) is 22.9 Å². The lowest BCUT2D eigenvalue weighted by Gasteiger charge is -2.33. The summed E-state index contributed by atoms with van der Waals surface area (Å²) in [5.41, 5.74) is 2.19. The molecule has 0 aliphatic carbocycles. The summed E-state index contributed by atoms with van der Waals surface area (Å²) >= 11 is 0. The van der Waals surface area contributed by atoms with Crippen molar-refractivity contribution < 1.29 is 14.1 Å². The predicted octanol–water partition coefficient (Wildman–Crippen LogP) is 4.76. The number of nitrogens with zero attached hydrogens (tertiary/aromatic N) is 2. The van der Waals surface area contributed by atoms with Gasteiger partial charge in [-0.1, -0.05) is 72.8 Å². The molecule has 4 aromatic rings. The van der Waals surface area contributed by atoms with Crippen molar-refractivity contribution in [2.45, 2.75) is 12.3 Å². The zero-order valence-corrected chi connectivity index (χ0v) is 19.1. The van der Waals surface area contributed by atoms with Crippen molar-refractivity contribution in [2.24, 2.45) is 0 Å². The average Bonchev–Trinajstić information content (AvgIpc) is 3.17. The van der Waals surface area contributed by atoms with Crippen molar-refractivity contribution in [3.63, 3.8) is 0 Å². The predicted molar refractivity (Wildman–Crippen MR) is 130 cm³/mol. The van der Waals surface area contributed by atoms with Crippen LogP contribution in [0.3, 0.4) is 0 Å². The first-order valence-corrected chi connectivity index (χ1v) is 12.5. The van der Waals surface area contributed by atoms with Gasteiger partial charge >= 0.3 is 0 Å². The molecule has 0 bridgehead atoms. The molecule has 1 aliphatic rings. The van der Waals surface area contributed by atoms with Crippen LogP contribution in [0.25, 0.3) is 0 Å². The maximum absolute atomic E-state index is 15.2. The van der Waals surface area contributed by atoms with Gasteiger partial charge in [-0.25, -0.2) is 0 Å². The van der Waals surface area contributed by atoms with E-state index in [4.69, 9.17) is 4.74 Å². The summed E-state index contributed by atoms with van der Waals surface area (Å²) in [4.78, 5) is 19.6. The summed E-state index contributed by atoms with van der Waals surface area (Å²) < 4.78 is 20.5. The number of carbonyl (C=O) groups excluding carboxylic acids is 1. The summed E-state index contributed by atoms with van der Waals surface area (Å²) in [7, 11) is -1.69. The third kappa shape index (κ3) is 3.65. The quantitative estimate of drug-likeness (QED) is 0.394. The molecule has 1 aromatic heterocycles. The molecular formula is C27H23N2O3P. The van der Waals surface area contributed by atoms with Crippen LogP contribution in [0.1, 0.15) is 27.3 Å². The molecule has 0 saturated heterocycles. The first-order valence-electron chi connectivity index (χ1n) is 10.7. The maximum Gasteiger partial charge on any atom is 0.255 e. The largest absolute Gasteiger partial charge is 0.497 e. The molecule has 0 radical (unpaired) electrons. The van der Waals surface area contributed by atoms with Gasteiger partial charge in [-0.15, -0.1) is 0 Å². The van der Waals surface area contributed by atoms with Gasteiger partial charge in [-0.2, -0.15) is 0 Å². The van der Waals surface area contributed by atoms with E-state index in [0.29, 0.717) is 28.3 Å². The van der Waals surface area contributed by atoms with Gasteiger partial charge in [0.25, 0.3) is 5.91 Å². The Kier molecular flexibility index (Phi) is 5.57. The minimum atomic E-state index is -3.31. The number of aromatic nitrogens is 1. The van der Waals surface area contributed by atoms with Crippen LogP contribution < -0.4 is 15.3 Å². The van der Waals surface area contributed by atoms with E-state index in [2.05, 4.69) is 4.98 Å². The average molecular weight is 454 g/mol. The zero-order chi connectivity index (χ0) is 22.8. The number of methoxy groups -OCH3 is 1. The molecule has 6 heteroatoms. The molecule has 1 atom stereocenters. The smallest absolute Gasteiger partial charge is 0.255 e. The van der Waals surface area contributed by atoms with Crippen LogP contribution in [0.15, 0.2) is 103 Å². The Bertz CT molecular complexity index is 1280. The van der Waals surface area contributed by atoms with Gasteiger partial charge in [-0.3, -0.25) is 9.78 Å². The second-order valence-corrected chi connectivity index (χ2v) is 10.8. The third-order valence-electron chi connectivity index (χ3n) is 6.05. The fraction of sp³-hybridized carbons (Fsp3) is 0.111. The monoisotopic (exact) mass is 454 g/mol. The van der Waals surface area contributed by atoms with Crippen molar-refractivity contribution in [1.82, 2.24) is 9.88 Å². The Hall–Kier alpha value is -3.69. The standard InChI is InChI=1S/C27H23N2O3P/c1-32-21-14-12-20(13-15-21)19-29-26(30)24-16-17-28-18-25(24)27(29)33(31,22-8-4-2-5-9-22)23-10-6-3-7-11-23/h2-18,27H,19H2,1H3. The van der Waals surface area contributed by atoms with Gasteiger partial charge < -0.3 is 14.2 Å². The molecule has 0 spiro atoms. The van der Waals surface area contributed by atoms with Crippen molar-refractivity contribution in [1.29, 1.82) is 0 Å². The van der Waals surface area contributed by atoms with Crippen LogP contribution in [0.5, 0.6) is 5.75 Å². The highest BCUT2D eigenvalue weighted by Gasteiger charge is 2.49. The number of rotatable bonds is 6. The summed E-state index contributed by atoms with van der Waals surface area (Å²) in [5, 5.41) is 1.43. The third-order valence-corrected chi connectivity index (χ3v) is 9.43. The van der Waals surface area contributed by atoms with Gasteiger partial charge in [0.2, 0.25) is 0 Å². The molecule has 33 heavy (non-hydrogen) atoms. The van der Waals surface area contributed by atoms with Crippen LogP contribution in [0.2, 0.25) is 0 Å². The second-order valence-electron chi connectivity index (χ2n) is 7.95. The van der Waals surface area contributed by atoms with E-state index in [9.17, 15) is 4.79 Å². The SMILES string of the molecule is COc1ccc(CN2C(=O)c3ccncc3C2P(=O)(c2ccccc2)c2ccccc2)cc1. The summed E-state index contributed by atoms with van der Waals surface area (Å²) in [6, 6.07) is 28.2. The van der Waals surface area contributed by atoms with Crippen LogP contribution in [0, 0.1) is 0 Å². The van der Waals surface area contributed by atoms with Crippen molar-refractivity contribution in [3.05, 3.63) is 120 Å². The van der Waals surface area contributed by atoms with Gasteiger partial charge in [0, 0.05) is 40.7 Å². The highest BCUT2D eigenvalue weighted by atomic mass is 31.2. The Morgan fingerprint density at radius 2 is 1.48 bits per heavy atom. The normalized spacial score (nSPS) is 15.4. The fourth-order valence-electron chi connectivity index (χ4n) is 4.45. The number of hydrogen-bond donors (Lipinski definition) is 0. The number of benzene rings is 3. The van der Waals surface area contributed by atoms with Crippen LogP contribution in [0.4, 0.5) is 0 Å². The molecule has 1 unspecified atom stereocenters. The minimum absolute atomic E-state index is 0.139. The highest BCUT2D eigenvalue weighted by Crippen LogP contribution is 2.61. The lowest BCUT2D eigenvalue weighted by atomic mass is 10.2. The minimum Gasteiger partial charge on any atom is -0.497 e. The zero-order valence-electron chi connectivity index (χ0n) is 18.2. The molecule has 1 amide bonds. The van der Waals surface area contributed by atoms with Crippen molar-refractivity contribution in [2.75, 3.05) is 7.11 Å². The number of ether oxygens (including phenoxy) is 1. The van der Waals surface area contributed by atoms with Crippen molar-refractivity contribution in [3.8, 4) is 5.75 Å². The summed E-state index contributed by atoms with van der Waals surface area (Å²) in [6.07, 6.45) is 3.30. The lowest BCUT2D eigenvalue weighted by Crippen LogP contribution is -2.33.